The standard InChI is InChI=1S/C14H20O2/c1-10(2)12-5-7-13(8-6-12)14(4,9-15)11(3)16/h5-8,10,15H,9H2,1-4H3. The summed E-state index contributed by atoms with van der Waals surface area (Å²) in [6.07, 6.45) is 0. The Morgan fingerprint density at radius 3 is 2.12 bits per heavy atom. The van der Waals surface area contributed by atoms with Crippen molar-refractivity contribution in [2.24, 2.45) is 0 Å². The highest BCUT2D eigenvalue weighted by Gasteiger charge is 2.30. The third-order valence-electron chi connectivity index (χ3n) is 3.31. The van der Waals surface area contributed by atoms with Crippen LogP contribution in [0.4, 0.5) is 0 Å². The Morgan fingerprint density at radius 1 is 1.31 bits per heavy atom. The molecule has 0 aromatic heterocycles. The summed E-state index contributed by atoms with van der Waals surface area (Å²) in [7, 11) is 0. The van der Waals surface area contributed by atoms with E-state index < -0.39 is 5.41 Å². The predicted molar refractivity (Wildman–Crippen MR) is 65.6 cm³/mol. The average molecular weight is 220 g/mol. The van der Waals surface area contributed by atoms with Crippen LogP contribution >= 0.6 is 0 Å². The van der Waals surface area contributed by atoms with Gasteiger partial charge in [0.05, 0.1) is 12.0 Å². The van der Waals surface area contributed by atoms with E-state index in [2.05, 4.69) is 13.8 Å². The van der Waals surface area contributed by atoms with E-state index in [4.69, 9.17) is 0 Å². The maximum atomic E-state index is 11.6. The summed E-state index contributed by atoms with van der Waals surface area (Å²) in [4.78, 5) is 11.6. The Morgan fingerprint density at radius 2 is 1.81 bits per heavy atom. The maximum absolute atomic E-state index is 11.6. The molecule has 0 radical (unpaired) electrons. The monoisotopic (exact) mass is 220 g/mol. The third kappa shape index (κ3) is 2.33. The number of ketones is 1. The lowest BCUT2D eigenvalue weighted by molar-refractivity contribution is -0.123. The van der Waals surface area contributed by atoms with E-state index in [1.807, 2.05) is 24.3 Å². The molecule has 1 atom stereocenters. The van der Waals surface area contributed by atoms with Crippen LogP contribution in [-0.2, 0) is 10.2 Å². The molecular weight excluding hydrogens is 200 g/mol. The molecule has 1 aromatic rings. The Kier molecular flexibility index (Phi) is 3.87. The summed E-state index contributed by atoms with van der Waals surface area (Å²) in [5.74, 6) is 0.471. The van der Waals surface area contributed by atoms with Crippen LogP contribution in [0.3, 0.4) is 0 Å². The fraction of sp³-hybridized carbons (Fsp3) is 0.500. The highest BCUT2D eigenvalue weighted by Crippen LogP contribution is 2.26. The smallest absolute Gasteiger partial charge is 0.142 e. The quantitative estimate of drug-likeness (QED) is 0.847. The molecule has 0 saturated heterocycles. The minimum absolute atomic E-state index is 0.00713. The molecule has 0 aliphatic carbocycles. The third-order valence-corrected chi connectivity index (χ3v) is 3.31. The van der Waals surface area contributed by atoms with Crippen molar-refractivity contribution < 1.29 is 9.90 Å². The van der Waals surface area contributed by atoms with Crippen molar-refractivity contribution in [3.8, 4) is 0 Å². The second-order valence-corrected chi connectivity index (χ2v) is 4.82. The Labute approximate surface area is 97.3 Å². The molecule has 2 nitrogen and oxygen atoms in total. The summed E-state index contributed by atoms with van der Waals surface area (Å²) in [5, 5.41) is 9.37. The van der Waals surface area contributed by atoms with Gasteiger partial charge in [-0.15, -0.1) is 0 Å². The van der Waals surface area contributed by atoms with Gasteiger partial charge in [-0.1, -0.05) is 38.1 Å². The first-order valence-corrected chi connectivity index (χ1v) is 5.64. The van der Waals surface area contributed by atoms with Crippen molar-refractivity contribution in [3.63, 3.8) is 0 Å². The Bertz CT molecular complexity index is 365. The van der Waals surface area contributed by atoms with E-state index in [1.54, 1.807) is 6.92 Å². The lowest BCUT2D eigenvalue weighted by Crippen LogP contribution is -2.34. The SMILES string of the molecule is CC(=O)C(C)(CO)c1ccc(C(C)C)cc1. The zero-order valence-corrected chi connectivity index (χ0v) is 10.4. The molecule has 0 aliphatic heterocycles. The van der Waals surface area contributed by atoms with E-state index in [1.165, 1.54) is 12.5 Å². The van der Waals surface area contributed by atoms with Gasteiger partial charge in [0.2, 0.25) is 0 Å². The number of hydrogen-bond acceptors (Lipinski definition) is 2. The number of rotatable bonds is 4. The molecule has 1 aromatic carbocycles. The molecule has 2 heteroatoms. The van der Waals surface area contributed by atoms with Crippen LogP contribution < -0.4 is 0 Å². The topological polar surface area (TPSA) is 37.3 Å². The minimum atomic E-state index is -0.768. The van der Waals surface area contributed by atoms with Crippen LogP contribution in [-0.4, -0.2) is 17.5 Å². The van der Waals surface area contributed by atoms with Gasteiger partial charge < -0.3 is 5.11 Å². The summed E-state index contributed by atoms with van der Waals surface area (Å²) in [6, 6.07) is 7.92. The van der Waals surface area contributed by atoms with Gasteiger partial charge in [0.25, 0.3) is 0 Å². The van der Waals surface area contributed by atoms with Gasteiger partial charge in [0.1, 0.15) is 5.78 Å². The van der Waals surface area contributed by atoms with Gasteiger partial charge in [-0.25, -0.2) is 0 Å². The number of carbonyl (C=O) groups excluding carboxylic acids is 1. The molecular formula is C14H20O2. The molecule has 88 valence electrons. The highest BCUT2D eigenvalue weighted by molar-refractivity contribution is 5.87. The number of benzene rings is 1. The Hall–Kier alpha value is -1.15. The van der Waals surface area contributed by atoms with Crippen LogP contribution in [0.2, 0.25) is 0 Å². The normalized spacial score (nSPS) is 14.9. The predicted octanol–water partition coefficient (Wildman–Crippen LogP) is 2.65. The number of hydrogen-bond donors (Lipinski definition) is 1. The van der Waals surface area contributed by atoms with E-state index in [9.17, 15) is 9.90 Å². The first-order chi connectivity index (χ1) is 7.41. The molecule has 0 fully saturated rings. The first kappa shape index (κ1) is 12.9. The zero-order valence-electron chi connectivity index (χ0n) is 10.4. The fourth-order valence-electron chi connectivity index (χ4n) is 1.64. The van der Waals surface area contributed by atoms with Crippen LogP contribution in [0, 0.1) is 0 Å². The molecule has 1 unspecified atom stereocenters. The summed E-state index contributed by atoms with van der Waals surface area (Å²) < 4.78 is 0. The summed E-state index contributed by atoms with van der Waals surface area (Å²) in [5.41, 5.74) is 1.36. The maximum Gasteiger partial charge on any atom is 0.142 e. The van der Waals surface area contributed by atoms with E-state index in [0.29, 0.717) is 5.92 Å². The number of aliphatic hydroxyl groups excluding tert-OH is 1. The highest BCUT2D eigenvalue weighted by atomic mass is 16.3. The molecule has 0 saturated carbocycles. The average Bonchev–Trinajstić information content (AvgIpc) is 2.27. The van der Waals surface area contributed by atoms with Crippen LogP contribution in [0.5, 0.6) is 0 Å². The van der Waals surface area contributed by atoms with Gasteiger partial charge in [-0.3, -0.25) is 4.79 Å². The van der Waals surface area contributed by atoms with Crippen LogP contribution in [0.1, 0.15) is 44.7 Å². The lowest BCUT2D eigenvalue weighted by Gasteiger charge is -2.25. The molecule has 1 N–H and O–H groups in total. The molecule has 0 aliphatic rings. The van der Waals surface area contributed by atoms with Crippen molar-refractivity contribution in [1.29, 1.82) is 0 Å². The summed E-state index contributed by atoms with van der Waals surface area (Å²) >= 11 is 0. The molecule has 1 rings (SSSR count). The number of aliphatic hydroxyl groups is 1. The van der Waals surface area contributed by atoms with Crippen LogP contribution in [0.25, 0.3) is 0 Å². The van der Waals surface area contributed by atoms with Gasteiger partial charge in [0, 0.05) is 0 Å². The molecule has 0 spiro atoms. The minimum Gasteiger partial charge on any atom is -0.395 e. The van der Waals surface area contributed by atoms with Gasteiger partial charge >= 0.3 is 0 Å². The largest absolute Gasteiger partial charge is 0.395 e. The molecule has 0 heterocycles. The van der Waals surface area contributed by atoms with Gasteiger partial charge in [0.15, 0.2) is 0 Å². The second-order valence-electron chi connectivity index (χ2n) is 4.82. The lowest BCUT2D eigenvalue weighted by atomic mass is 9.79. The number of Topliss-reactive ketones (excluding diaryl/α,β-unsaturated/α-hetero) is 1. The Balaban J connectivity index is 3.09. The van der Waals surface area contributed by atoms with E-state index >= 15 is 0 Å². The van der Waals surface area contributed by atoms with Crippen molar-refractivity contribution in [3.05, 3.63) is 35.4 Å². The molecule has 0 bridgehead atoms. The van der Waals surface area contributed by atoms with Crippen LogP contribution in [0.15, 0.2) is 24.3 Å². The fourth-order valence-corrected chi connectivity index (χ4v) is 1.64. The van der Waals surface area contributed by atoms with Gasteiger partial charge in [-0.2, -0.15) is 0 Å². The summed E-state index contributed by atoms with van der Waals surface area (Å²) in [6.45, 7) is 7.41. The van der Waals surface area contributed by atoms with Crippen molar-refractivity contribution in [2.75, 3.05) is 6.61 Å². The molecule has 0 amide bonds. The van der Waals surface area contributed by atoms with Crippen molar-refractivity contribution >= 4 is 5.78 Å². The van der Waals surface area contributed by atoms with Gasteiger partial charge in [-0.05, 0) is 30.9 Å². The van der Waals surface area contributed by atoms with Crippen molar-refractivity contribution in [1.82, 2.24) is 0 Å². The van der Waals surface area contributed by atoms with E-state index in [0.717, 1.165) is 5.56 Å². The van der Waals surface area contributed by atoms with Crippen molar-refractivity contribution in [2.45, 2.75) is 39.0 Å². The second kappa shape index (κ2) is 4.79. The molecule has 16 heavy (non-hydrogen) atoms. The van der Waals surface area contributed by atoms with E-state index in [-0.39, 0.29) is 12.4 Å². The first-order valence-electron chi connectivity index (χ1n) is 5.64. The zero-order chi connectivity index (χ0) is 12.3. The number of carbonyl (C=O) groups is 1.